The summed E-state index contributed by atoms with van der Waals surface area (Å²) in [6.45, 7) is 4.37. The molecular formula is C33H33NO5S. The Bertz CT molecular complexity index is 1400. The molecule has 0 spiro atoms. The van der Waals surface area contributed by atoms with Gasteiger partial charge in [0, 0.05) is 16.3 Å². The van der Waals surface area contributed by atoms with E-state index in [0.29, 0.717) is 24.5 Å². The Morgan fingerprint density at radius 3 is 2.17 bits per heavy atom. The van der Waals surface area contributed by atoms with E-state index in [0.717, 1.165) is 28.2 Å². The molecule has 1 amide bonds. The van der Waals surface area contributed by atoms with E-state index in [9.17, 15) is 9.59 Å². The summed E-state index contributed by atoms with van der Waals surface area (Å²) < 4.78 is 11.5. The van der Waals surface area contributed by atoms with Crippen LogP contribution in [0.2, 0.25) is 0 Å². The Hall–Kier alpha value is -4.23. The van der Waals surface area contributed by atoms with E-state index >= 15 is 0 Å². The van der Waals surface area contributed by atoms with Crippen LogP contribution < -0.4 is 10.1 Å². The molecule has 4 aromatic rings. The van der Waals surface area contributed by atoms with Crippen LogP contribution in [0.5, 0.6) is 11.5 Å². The topological polar surface area (TPSA) is 84.9 Å². The van der Waals surface area contributed by atoms with Crippen molar-refractivity contribution in [1.29, 1.82) is 0 Å². The number of carboxylic acid groups (broad SMARTS) is 1. The number of alkyl carbamates (subject to hydrolysis) is 1. The fraction of sp³-hybridized carbons (Fsp3) is 0.212. The molecular weight excluding hydrogens is 522 g/mol. The third kappa shape index (κ3) is 9.20. The average Bonchev–Trinajstić information content (AvgIpc) is 2.94. The summed E-state index contributed by atoms with van der Waals surface area (Å²) in [6, 6.07) is 32.5. The van der Waals surface area contributed by atoms with Crippen molar-refractivity contribution in [3.63, 3.8) is 0 Å². The lowest BCUT2D eigenvalue weighted by Gasteiger charge is -2.25. The minimum absolute atomic E-state index is 0.217. The normalized spacial score (nSPS) is 11.1. The van der Waals surface area contributed by atoms with Crippen LogP contribution in [0, 0.1) is 0 Å². The molecule has 0 aliphatic carbocycles. The lowest BCUT2D eigenvalue weighted by atomic mass is 9.99. The van der Waals surface area contributed by atoms with Crippen molar-refractivity contribution in [2.75, 3.05) is 6.54 Å². The second-order valence-corrected chi connectivity index (χ2v) is 11.1. The summed E-state index contributed by atoms with van der Waals surface area (Å²) in [5.41, 5.74) is 2.02. The highest BCUT2D eigenvalue weighted by Crippen LogP contribution is 2.32. The molecule has 2 N–H and O–H groups in total. The molecule has 7 heteroatoms. The van der Waals surface area contributed by atoms with Crippen molar-refractivity contribution in [3.05, 3.63) is 120 Å². The zero-order valence-corrected chi connectivity index (χ0v) is 23.4. The Labute approximate surface area is 239 Å². The maximum Gasteiger partial charge on any atom is 0.407 e. The fourth-order valence-corrected chi connectivity index (χ4v) is 4.87. The molecule has 6 nitrogen and oxygen atoms in total. The molecule has 206 valence electrons. The third-order valence-electron chi connectivity index (χ3n) is 6.21. The molecule has 40 heavy (non-hydrogen) atoms. The van der Waals surface area contributed by atoms with Gasteiger partial charge < -0.3 is 19.9 Å². The zero-order chi connectivity index (χ0) is 28.4. The Morgan fingerprint density at radius 2 is 1.48 bits per heavy atom. The van der Waals surface area contributed by atoms with E-state index in [2.05, 4.69) is 41.7 Å². The summed E-state index contributed by atoms with van der Waals surface area (Å²) in [5, 5.41) is 11.9. The van der Waals surface area contributed by atoms with Gasteiger partial charge in [0.1, 0.15) is 17.1 Å². The maximum absolute atomic E-state index is 12.3. The highest BCUT2D eigenvalue weighted by molar-refractivity contribution is 7.99. The number of hydrogen-bond acceptors (Lipinski definition) is 5. The van der Waals surface area contributed by atoms with Crippen LogP contribution in [0.3, 0.4) is 0 Å². The molecule has 0 aromatic heterocycles. The summed E-state index contributed by atoms with van der Waals surface area (Å²) in [5.74, 6) is 0.277. The monoisotopic (exact) mass is 555 g/mol. The predicted octanol–water partition coefficient (Wildman–Crippen LogP) is 8.01. The quantitative estimate of drug-likeness (QED) is 0.184. The van der Waals surface area contributed by atoms with E-state index in [1.165, 1.54) is 17.7 Å². The molecule has 0 saturated heterocycles. The van der Waals surface area contributed by atoms with Crippen molar-refractivity contribution < 1.29 is 24.2 Å². The van der Waals surface area contributed by atoms with E-state index < -0.39 is 17.7 Å². The first-order valence-corrected chi connectivity index (χ1v) is 14.0. The van der Waals surface area contributed by atoms with E-state index in [1.54, 1.807) is 23.9 Å². The second-order valence-electron chi connectivity index (χ2n) is 9.96. The second kappa shape index (κ2) is 13.7. The highest BCUT2D eigenvalue weighted by Gasteiger charge is 2.22. The zero-order valence-electron chi connectivity index (χ0n) is 22.6. The number of nitrogens with one attached hydrogen (secondary N) is 1. The van der Waals surface area contributed by atoms with Gasteiger partial charge in [-0.05, 0) is 98.8 Å². The van der Waals surface area contributed by atoms with Gasteiger partial charge in [-0.2, -0.15) is 0 Å². The van der Waals surface area contributed by atoms with Crippen molar-refractivity contribution in [1.82, 2.24) is 5.32 Å². The molecule has 0 heterocycles. The molecule has 4 rings (SSSR count). The Balaban J connectivity index is 1.21. The van der Waals surface area contributed by atoms with Gasteiger partial charge in [0.25, 0.3) is 0 Å². The average molecular weight is 556 g/mol. The summed E-state index contributed by atoms with van der Waals surface area (Å²) in [7, 11) is 0. The van der Waals surface area contributed by atoms with E-state index in [4.69, 9.17) is 14.6 Å². The third-order valence-corrected chi connectivity index (χ3v) is 7.21. The number of hydrogen-bond donors (Lipinski definition) is 2. The van der Waals surface area contributed by atoms with Gasteiger partial charge >= 0.3 is 12.1 Å². The van der Waals surface area contributed by atoms with Crippen molar-refractivity contribution in [3.8, 4) is 11.5 Å². The van der Waals surface area contributed by atoms with Crippen LogP contribution in [0.25, 0.3) is 0 Å². The van der Waals surface area contributed by atoms with Crippen LogP contribution in [0.4, 0.5) is 4.79 Å². The minimum atomic E-state index is -0.969. The first kappa shape index (κ1) is 28.8. The molecule has 4 aromatic carbocycles. The van der Waals surface area contributed by atoms with Crippen LogP contribution in [0.1, 0.15) is 41.8 Å². The molecule has 0 aliphatic heterocycles. The SMILES string of the molecule is CC(C)(CCc1ccccc1)OC(=O)NCCc1ccc(Sc2cccc(Oc3ccc(C(=O)O)cc3)c2)cc1. The van der Waals surface area contributed by atoms with Crippen LogP contribution in [0.15, 0.2) is 113 Å². The molecule has 0 aliphatic rings. The van der Waals surface area contributed by atoms with E-state index in [1.807, 2.05) is 56.3 Å². The van der Waals surface area contributed by atoms with Crippen LogP contribution in [-0.2, 0) is 17.6 Å². The number of rotatable bonds is 12. The number of aromatic carboxylic acids is 1. The maximum atomic E-state index is 12.3. The van der Waals surface area contributed by atoms with Crippen molar-refractivity contribution in [2.45, 2.75) is 48.5 Å². The van der Waals surface area contributed by atoms with Gasteiger partial charge in [0.05, 0.1) is 5.56 Å². The molecule has 0 bridgehead atoms. The van der Waals surface area contributed by atoms with Gasteiger partial charge in [0.15, 0.2) is 0 Å². The molecule has 0 saturated carbocycles. The standard InChI is InChI=1S/C33H33NO5S/c1-33(2,21-19-24-7-4-3-5-8-24)39-32(37)34-22-20-25-11-17-29(18-12-25)40-30-10-6-9-28(23-30)38-27-15-13-26(14-16-27)31(35)36/h3-18,23H,19-22H2,1-2H3,(H,34,37)(H,35,36). The molecule has 0 unspecified atom stereocenters. The smallest absolute Gasteiger partial charge is 0.407 e. The largest absolute Gasteiger partial charge is 0.478 e. The fourth-order valence-electron chi connectivity index (χ4n) is 4.00. The highest BCUT2D eigenvalue weighted by atomic mass is 32.2. The Kier molecular flexibility index (Phi) is 9.86. The van der Waals surface area contributed by atoms with Crippen LogP contribution >= 0.6 is 11.8 Å². The van der Waals surface area contributed by atoms with Crippen molar-refractivity contribution in [2.24, 2.45) is 0 Å². The van der Waals surface area contributed by atoms with Gasteiger partial charge in [-0.3, -0.25) is 0 Å². The minimum Gasteiger partial charge on any atom is -0.478 e. The number of ether oxygens (including phenoxy) is 2. The number of carbonyl (C=O) groups is 2. The number of carbonyl (C=O) groups excluding carboxylic acids is 1. The number of aryl methyl sites for hydroxylation is 1. The van der Waals surface area contributed by atoms with Gasteiger partial charge in [-0.15, -0.1) is 0 Å². The first-order valence-electron chi connectivity index (χ1n) is 13.1. The van der Waals surface area contributed by atoms with E-state index in [-0.39, 0.29) is 5.56 Å². The lowest BCUT2D eigenvalue weighted by molar-refractivity contribution is 0.0331. The Morgan fingerprint density at radius 1 is 0.775 bits per heavy atom. The summed E-state index contributed by atoms with van der Waals surface area (Å²) in [6.07, 6.45) is 1.91. The lowest BCUT2D eigenvalue weighted by Crippen LogP contribution is -2.35. The summed E-state index contributed by atoms with van der Waals surface area (Å²) >= 11 is 1.62. The number of carboxylic acids is 1. The number of amides is 1. The van der Waals surface area contributed by atoms with Crippen LogP contribution in [-0.4, -0.2) is 29.3 Å². The molecule has 0 atom stereocenters. The molecule has 0 fully saturated rings. The molecule has 0 radical (unpaired) electrons. The number of benzene rings is 4. The van der Waals surface area contributed by atoms with Gasteiger partial charge in [-0.25, -0.2) is 9.59 Å². The van der Waals surface area contributed by atoms with Gasteiger partial charge in [0.2, 0.25) is 0 Å². The first-order chi connectivity index (χ1) is 19.3. The predicted molar refractivity (Wildman–Crippen MR) is 158 cm³/mol. The van der Waals surface area contributed by atoms with Gasteiger partial charge in [-0.1, -0.05) is 60.3 Å². The summed E-state index contributed by atoms with van der Waals surface area (Å²) in [4.78, 5) is 25.5. The van der Waals surface area contributed by atoms with Crippen molar-refractivity contribution >= 4 is 23.8 Å².